The highest BCUT2D eigenvalue weighted by Crippen LogP contribution is 2.20. The average Bonchev–Trinajstić information content (AvgIpc) is 2.70. The largest absolute Gasteiger partial charge is 0.320 e. The van der Waals surface area contributed by atoms with Gasteiger partial charge in [-0.2, -0.15) is 5.10 Å². The van der Waals surface area contributed by atoms with Crippen LogP contribution in [0.1, 0.15) is 16.1 Å². The maximum absolute atomic E-state index is 11.9. The molecule has 0 aliphatic rings. The molecule has 1 N–H and O–H groups in total. The fourth-order valence-electron chi connectivity index (χ4n) is 1.45. The smallest absolute Gasteiger partial charge is 0.276 e. The molecule has 88 valence electrons. The Hall–Kier alpha value is -1.81. The van der Waals surface area contributed by atoms with Crippen LogP contribution in [0, 0.1) is 6.92 Å². The predicted octanol–water partition coefficient (Wildman–Crippen LogP) is 2.63. The maximum atomic E-state index is 11.9. The standard InChI is InChI=1S/C12H12ClN3O/c1-8-3-4-9(13)7-11(8)14-12(17)10-5-6-16(2)15-10/h3-7H,1-2H3,(H,14,17). The van der Waals surface area contributed by atoms with E-state index in [0.29, 0.717) is 16.4 Å². The lowest BCUT2D eigenvalue weighted by molar-refractivity contribution is 0.102. The van der Waals surface area contributed by atoms with Crippen molar-refractivity contribution in [3.8, 4) is 0 Å². The van der Waals surface area contributed by atoms with Gasteiger partial charge in [0.1, 0.15) is 0 Å². The highest BCUT2D eigenvalue weighted by atomic mass is 35.5. The van der Waals surface area contributed by atoms with E-state index in [1.807, 2.05) is 13.0 Å². The van der Waals surface area contributed by atoms with Gasteiger partial charge in [0.25, 0.3) is 5.91 Å². The van der Waals surface area contributed by atoms with Crippen molar-refractivity contribution >= 4 is 23.2 Å². The number of halogens is 1. The highest BCUT2D eigenvalue weighted by Gasteiger charge is 2.10. The average molecular weight is 250 g/mol. The van der Waals surface area contributed by atoms with E-state index in [2.05, 4.69) is 10.4 Å². The molecule has 1 aromatic carbocycles. The number of benzene rings is 1. The molecule has 17 heavy (non-hydrogen) atoms. The van der Waals surface area contributed by atoms with Crippen molar-refractivity contribution in [1.29, 1.82) is 0 Å². The molecule has 0 aliphatic heterocycles. The third kappa shape index (κ3) is 2.65. The second-order valence-corrected chi connectivity index (χ2v) is 4.22. The number of rotatable bonds is 2. The van der Waals surface area contributed by atoms with Gasteiger partial charge in [0.2, 0.25) is 0 Å². The number of hydrogen-bond acceptors (Lipinski definition) is 2. The normalized spacial score (nSPS) is 10.3. The third-order valence-electron chi connectivity index (χ3n) is 2.39. The molecule has 0 unspecified atom stereocenters. The Kier molecular flexibility index (Phi) is 3.15. The number of amides is 1. The quantitative estimate of drug-likeness (QED) is 0.889. The summed E-state index contributed by atoms with van der Waals surface area (Å²) in [5.74, 6) is -0.240. The summed E-state index contributed by atoms with van der Waals surface area (Å²) in [6.07, 6.45) is 1.72. The first-order valence-corrected chi connectivity index (χ1v) is 5.51. The minimum Gasteiger partial charge on any atom is -0.320 e. The summed E-state index contributed by atoms with van der Waals surface area (Å²) in [5.41, 5.74) is 2.04. The minimum absolute atomic E-state index is 0.240. The van der Waals surface area contributed by atoms with Gasteiger partial charge in [0, 0.05) is 24.0 Å². The maximum Gasteiger partial charge on any atom is 0.276 e. The van der Waals surface area contributed by atoms with Crippen molar-refractivity contribution in [2.75, 3.05) is 5.32 Å². The zero-order valence-corrected chi connectivity index (χ0v) is 10.3. The van der Waals surface area contributed by atoms with Crippen molar-refractivity contribution in [1.82, 2.24) is 9.78 Å². The summed E-state index contributed by atoms with van der Waals surface area (Å²) in [4.78, 5) is 11.9. The third-order valence-corrected chi connectivity index (χ3v) is 2.63. The van der Waals surface area contributed by atoms with Crippen LogP contribution in [0.3, 0.4) is 0 Å². The first-order chi connectivity index (χ1) is 8.06. The van der Waals surface area contributed by atoms with Crippen molar-refractivity contribution in [2.24, 2.45) is 7.05 Å². The second-order valence-electron chi connectivity index (χ2n) is 3.79. The minimum atomic E-state index is -0.240. The molecule has 0 atom stereocenters. The van der Waals surface area contributed by atoms with Crippen LogP contribution in [0.2, 0.25) is 5.02 Å². The van der Waals surface area contributed by atoms with Crippen LogP contribution in [0.25, 0.3) is 0 Å². The molecule has 5 heteroatoms. The lowest BCUT2D eigenvalue weighted by Crippen LogP contribution is -2.13. The van der Waals surface area contributed by atoms with Gasteiger partial charge in [0.05, 0.1) is 0 Å². The van der Waals surface area contributed by atoms with Gasteiger partial charge in [-0.3, -0.25) is 9.48 Å². The van der Waals surface area contributed by atoms with Crippen molar-refractivity contribution in [2.45, 2.75) is 6.92 Å². The molecule has 2 aromatic rings. The molecule has 0 aliphatic carbocycles. The van der Waals surface area contributed by atoms with Gasteiger partial charge in [0.15, 0.2) is 5.69 Å². The van der Waals surface area contributed by atoms with Crippen LogP contribution in [0.15, 0.2) is 30.5 Å². The van der Waals surface area contributed by atoms with Crippen molar-refractivity contribution in [3.63, 3.8) is 0 Å². The Labute approximate surface area is 104 Å². The number of hydrogen-bond donors (Lipinski definition) is 1. The number of carbonyl (C=O) groups is 1. The number of anilines is 1. The van der Waals surface area contributed by atoms with Gasteiger partial charge in [-0.25, -0.2) is 0 Å². The van der Waals surface area contributed by atoms with E-state index >= 15 is 0 Å². The van der Waals surface area contributed by atoms with Gasteiger partial charge in [-0.1, -0.05) is 17.7 Å². The summed E-state index contributed by atoms with van der Waals surface area (Å²) >= 11 is 5.88. The zero-order chi connectivity index (χ0) is 12.4. The van der Waals surface area contributed by atoms with Gasteiger partial charge in [-0.15, -0.1) is 0 Å². The monoisotopic (exact) mass is 249 g/mol. The molecular formula is C12H12ClN3O. The summed E-state index contributed by atoms with van der Waals surface area (Å²) in [6, 6.07) is 7.02. The fourth-order valence-corrected chi connectivity index (χ4v) is 1.62. The Morgan fingerprint density at radius 2 is 2.18 bits per heavy atom. The SMILES string of the molecule is Cc1ccc(Cl)cc1NC(=O)c1ccn(C)n1. The van der Waals surface area contributed by atoms with E-state index in [-0.39, 0.29) is 5.91 Å². The molecule has 0 radical (unpaired) electrons. The molecule has 0 spiro atoms. The molecule has 0 saturated carbocycles. The highest BCUT2D eigenvalue weighted by molar-refractivity contribution is 6.31. The summed E-state index contributed by atoms with van der Waals surface area (Å²) in [5, 5.41) is 7.40. The molecule has 1 aromatic heterocycles. The Morgan fingerprint density at radius 1 is 1.41 bits per heavy atom. The first-order valence-electron chi connectivity index (χ1n) is 5.13. The summed E-state index contributed by atoms with van der Waals surface area (Å²) < 4.78 is 1.58. The van der Waals surface area contributed by atoms with Crippen LogP contribution < -0.4 is 5.32 Å². The number of nitrogens with zero attached hydrogens (tertiary/aromatic N) is 2. The molecule has 2 rings (SSSR count). The van der Waals surface area contributed by atoms with Crippen LogP contribution in [-0.2, 0) is 7.05 Å². The molecule has 1 heterocycles. The summed E-state index contributed by atoms with van der Waals surface area (Å²) in [6.45, 7) is 1.91. The zero-order valence-electron chi connectivity index (χ0n) is 9.57. The van der Waals surface area contributed by atoms with Gasteiger partial charge >= 0.3 is 0 Å². The molecule has 4 nitrogen and oxygen atoms in total. The van der Waals surface area contributed by atoms with E-state index in [1.54, 1.807) is 36.1 Å². The van der Waals surface area contributed by atoms with Crippen LogP contribution in [-0.4, -0.2) is 15.7 Å². The number of aromatic nitrogens is 2. The van der Waals surface area contributed by atoms with Gasteiger partial charge < -0.3 is 5.32 Å². The van der Waals surface area contributed by atoms with Crippen LogP contribution in [0.5, 0.6) is 0 Å². The number of nitrogens with one attached hydrogen (secondary N) is 1. The van der Waals surface area contributed by atoms with Gasteiger partial charge in [-0.05, 0) is 30.7 Å². The molecule has 0 fully saturated rings. The Balaban J connectivity index is 2.21. The first kappa shape index (κ1) is 11.7. The lowest BCUT2D eigenvalue weighted by atomic mass is 10.2. The van der Waals surface area contributed by atoms with Crippen molar-refractivity contribution < 1.29 is 4.79 Å². The van der Waals surface area contributed by atoms with E-state index in [9.17, 15) is 4.79 Å². The van der Waals surface area contributed by atoms with E-state index < -0.39 is 0 Å². The molecule has 0 bridgehead atoms. The topological polar surface area (TPSA) is 46.9 Å². The van der Waals surface area contributed by atoms with E-state index in [1.165, 1.54) is 0 Å². The Bertz CT molecular complexity index is 563. The lowest BCUT2D eigenvalue weighted by Gasteiger charge is -2.07. The molecule has 0 saturated heterocycles. The number of carbonyl (C=O) groups excluding carboxylic acids is 1. The van der Waals surface area contributed by atoms with E-state index in [4.69, 9.17) is 11.6 Å². The predicted molar refractivity (Wildman–Crippen MR) is 67.4 cm³/mol. The number of aryl methyl sites for hydroxylation is 2. The fraction of sp³-hybridized carbons (Fsp3) is 0.167. The van der Waals surface area contributed by atoms with Crippen molar-refractivity contribution in [3.05, 3.63) is 46.7 Å². The van der Waals surface area contributed by atoms with E-state index in [0.717, 1.165) is 5.56 Å². The van der Waals surface area contributed by atoms with Crippen LogP contribution in [0.4, 0.5) is 5.69 Å². The second kappa shape index (κ2) is 4.59. The molecular weight excluding hydrogens is 238 g/mol. The Morgan fingerprint density at radius 3 is 2.82 bits per heavy atom. The summed E-state index contributed by atoms with van der Waals surface area (Å²) in [7, 11) is 1.77. The van der Waals surface area contributed by atoms with Crippen LogP contribution >= 0.6 is 11.6 Å². The molecule has 1 amide bonds.